The number of hydrogen-bond acceptors (Lipinski definition) is 1. The van der Waals surface area contributed by atoms with Crippen LogP contribution in [0.3, 0.4) is 0 Å². The summed E-state index contributed by atoms with van der Waals surface area (Å²) in [5, 5.41) is 2.49. The van der Waals surface area contributed by atoms with Gasteiger partial charge in [0.05, 0.1) is 5.69 Å². The Bertz CT molecular complexity index is 2850. The van der Waals surface area contributed by atoms with E-state index in [0.29, 0.717) is 0 Å². The van der Waals surface area contributed by atoms with E-state index in [1.807, 2.05) is 0 Å². The van der Waals surface area contributed by atoms with Crippen molar-refractivity contribution in [3.8, 4) is 55.6 Å². The molecule has 56 heavy (non-hydrogen) atoms. The molecule has 0 N–H and O–H groups in total. The Balaban J connectivity index is 1.12. The van der Waals surface area contributed by atoms with E-state index in [1.165, 1.54) is 77.5 Å². The van der Waals surface area contributed by atoms with Crippen LogP contribution in [0.25, 0.3) is 66.4 Å². The lowest BCUT2D eigenvalue weighted by Gasteiger charge is -2.30. The first-order valence-corrected chi connectivity index (χ1v) is 19.5. The molecule has 0 unspecified atom stereocenters. The SMILES string of the molecule is CC1(C)c2cc(N(c3ccccc3)c3ccccc3-c3cc(-c4ccccc4)c4ccccc4c3)ccc2-c2c(-c3ccc(-c4ccccc4)cc3)cccc21. The van der Waals surface area contributed by atoms with Crippen LogP contribution in [0.5, 0.6) is 0 Å². The first-order chi connectivity index (χ1) is 27.5. The Labute approximate surface area is 329 Å². The quantitative estimate of drug-likeness (QED) is 0.159. The normalized spacial score (nSPS) is 12.6. The van der Waals surface area contributed by atoms with Gasteiger partial charge in [-0.2, -0.15) is 0 Å². The molecule has 0 saturated heterocycles. The van der Waals surface area contributed by atoms with Crippen LogP contribution in [-0.4, -0.2) is 0 Å². The maximum Gasteiger partial charge on any atom is 0.0540 e. The molecule has 0 bridgehead atoms. The van der Waals surface area contributed by atoms with E-state index < -0.39 is 0 Å². The average Bonchev–Trinajstić information content (AvgIpc) is 3.50. The van der Waals surface area contributed by atoms with Crippen LogP contribution in [0.4, 0.5) is 17.1 Å². The Morgan fingerprint density at radius 1 is 0.339 bits per heavy atom. The van der Waals surface area contributed by atoms with Gasteiger partial charge in [0.15, 0.2) is 0 Å². The molecule has 0 spiro atoms. The maximum absolute atomic E-state index is 2.44. The Morgan fingerprint density at radius 2 is 0.929 bits per heavy atom. The minimum absolute atomic E-state index is 0.189. The minimum Gasteiger partial charge on any atom is -0.310 e. The van der Waals surface area contributed by atoms with Gasteiger partial charge in [0.2, 0.25) is 0 Å². The number of anilines is 3. The Morgan fingerprint density at radius 3 is 1.70 bits per heavy atom. The highest BCUT2D eigenvalue weighted by atomic mass is 15.1. The van der Waals surface area contributed by atoms with Crippen molar-refractivity contribution in [1.29, 1.82) is 0 Å². The van der Waals surface area contributed by atoms with Gasteiger partial charge >= 0.3 is 0 Å². The molecule has 0 amide bonds. The van der Waals surface area contributed by atoms with Crippen molar-refractivity contribution < 1.29 is 0 Å². The van der Waals surface area contributed by atoms with E-state index in [2.05, 4.69) is 231 Å². The fourth-order valence-corrected chi connectivity index (χ4v) is 8.87. The van der Waals surface area contributed by atoms with Crippen LogP contribution in [-0.2, 0) is 5.41 Å². The third kappa shape index (κ3) is 5.72. The molecule has 1 aliphatic rings. The van der Waals surface area contributed by atoms with Crippen molar-refractivity contribution in [2.24, 2.45) is 0 Å². The molecule has 0 radical (unpaired) electrons. The van der Waals surface area contributed by atoms with Crippen LogP contribution in [0.15, 0.2) is 212 Å². The summed E-state index contributed by atoms with van der Waals surface area (Å²) in [5.41, 5.74) is 18.4. The molecule has 0 heterocycles. The summed E-state index contributed by atoms with van der Waals surface area (Å²) in [7, 11) is 0. The third-order valence-electron chi connectivity index (χ3n) is 11.7. The van der Waals surface area contributed by atoms with Crippen LogP contribution < -0.4 is 4.90 Å². The number of fused-ring (bicyclic) bond motifs is 4. The van der Waals surface area contributed by atoms with Gasteiger partial charge < -0.3 is 4.90 Å². The van der Waals surface area contributed by atoms with Crippen LogP contribution in [0.2, 0.25) is 0 Å². The lowest BCUT2D eigenvalue weighted by Crippen LogP contribution is -2.17. The largest absolute Gasteiger partial charge is 0.310 e. The summed E-state index contributed by atoms with van der Waals surface area (Å²) in [6.45, 7) is 4.76. The minimum atomic E-state index is -0.189. The van der Waals surface area contributed by atoms with Crippen molar-refractivity contribution >= 4 is 27.8 Å². The zero-order valence-electron chi connectivity index (χ0n) is 31.7. The van der Waals surface area contributed by atoms with Gasteiger partial charge in [-0.05, 0) is 114 Å². The molecular weight excluding hydrogens is 675 g/mol. The molecule has 1 aliphatic carbocycles. The smallest absolute Gasteiger partial charge is 0.0540 e. The molecule has 9 aromatic rings. The first kappa shape index (κ1) is 33.6. The van der Waals surface area contributed by atoms with Crippen molar-refractivity contribution in [2.45, 2.75) is 19.3 Å². The molecule has 10 rings (SSSR count). The topological polar surface area (TPSA) is 3.24 Å². The number of hydrogen-bond donors (Lipinski definition) is 0. The second kappa shape index (κ2) is 13.7. The summed E-state index contributed by atoms with van der Waals surface area (Å²) in [6.07, 6.45) is 0. The predicted molar refractivity (Wildman–Crippen MR) is 238 cm³/mol. The van der Waals surface area contributed by atoms with Gasteiger partial charge in [-0.3, -0.25) is 0 Å². The van der Waals surface area contributed by atoms with E-state index in [9.17, 15) is 0 Å². The van der Waals surface area contributed by atoms with Crippen molar-refractivity contribution in [3.63, 3.8) is 0 Å². The number of benzene rings is 9. The molecular formula is C55H41N. The highest BCUT2D eigenvalue weighted by Crippen LogP contribution is 2.54. The lowest BCUT2D eigenvalue weighted by molar-refractivity contribution is 0.660. The zero-order chi connectivity index (χ0) is 37.6. The molecule has 1 nitrogen and oxygen atoms in total. The molecule has 0 fully saturated rings. The van der Waals surface area contributed by atoms with Crippen molar-refractivity contribution in [2.75, 3.05) is 4.90 Å². The van der Waals surface area contributed by atoms with E-state index >= 15 is 0 Å². The molecule has 0 aromatic heterocycles. The van der Waals surface area contributed by atoms with Crippen LogP contribution in [0.1, 0.15) is 25.0 Å². The van der Waals surface area contributed by atoms with Gasteiger partial charge in [0, 0.05) is 22.4 Å². The fourth-order valence-electron chi connectivity index (χ4n) is 8.87. The predicted octanol–water partition coefficient (Wildman–Crippen LogP) is 15.3. The van der Waals surface area contributed by atoms with E-state index in [-0.39, 0.29) is 5.41 Å². The molecule has 0 aliphatic heterocycles. The first-order valence-electron chi connectivity index (χ1n) is 19.5. The van der Waals surface area contributed by atoms with Gasteiger partial charge in [-0.15, -0.1) is 0 Å². The van der Waals surface area contributed by atoms with Crippen LogP contribution in [0, 0.1) is 0 Å². The Kier molecular flexibility index (Phi) is 8.23. The number of rotatable bonds is 7. The molecule has 9 aromatic carbocycles. The highest BCUT2D eigenvalue weighted by Gasteiger charge is 2.37. The van der Waals surface area contributed by atoms with E-state index in [0.717, 1.165) is 17.1 Å². The summed E-state index contributed by atoms with van der Waals surface area (Å²) >= 11 is 0. The van der Waals surface area contributed by atoms with Gasteiger partial charge in [-0.25, -0.2) is 0 Å². The summed E-state index contributed by atoms with van der Waals surface area (Å²) < 4.78 is 0. The number of nitrogens with zero attached hydrogens (tertiary/aromatic N) is 1. The molecule has 0 atom stereocenters. The van der Waals surface area contributed by atoms with Gasteiger partial charge in [0.25, 0.3) is 0 Å². The second-order valence-electron chi connectivity index (χ2n) is 15.3. The zero-order valence-corrected chi connectivity index (χ0v) is 31.7. The fraction of sp³-hybridized carbons (Fsp3) is 0.0545. The summed E-state index contributed by atoms with van der Waals surface area (Å²) in [6, 6.07) is 77.5. The summed E-state index contributed by atoms with van der Waals surface area (Å²) in [4.78, 5) is 2.44. The Hall–Kier alpha value is -6.96. The molecule has 1 heteroatoms. The van der Waals surface area contributed by atoms with Gasteiger partial charge in [-0.1, -0.05) is 184 Å². The van der Waals surface area contributed by atoms with E-state index in [4.69, 9.17) is 0 Å². The molecule has 266 valence electrons. The maximum atomic E-state index is 2.44. The monoisotopic (exact) mass is 715 g/mol. The number of para-hydroxylation sites is 2. The molecule has 0 saturated carbocycles. The highest BCUT2D eigenvalue weighted by molar-refractivity contribution is 6.02. The van der Waals surface area contributed by atoms with Crippen molar-refractivity contribution in [3.05, 3.63) is 223 Å². The van der Waals surface area contributed by atoms with Crippen molar-refractivity contribution in [1.82, 2.24) is 0 Å². The standard InChI is InChI=1S/C55H41N/c1-55(2)51-27-16-26-48(41-31-29-39(30-32-41)38-17-6-3-7-18-38)54(51)49-34-33-45(37-52(49)55)56(44-22-10-5-11-23-44)53-28-15-14-25-47(53)43-35-42-21-12-13-24-46(42)50(36-43)40-19-8-4-9-20-40/h3-37H,1-2H3. The second-order valence-corrected chi connectivity index (χ2v) is 15.3. The van der Waals surface area contributed by atoms with E-state index in [1.54, 1.807) is 0 Å². The lowest BCUT2D eigenvalue weighted by atomic mass is 9.81. The summed E-state index contributed by atoms with van der Waals surface area (Å²) in [5.74, 6) is 0. The third-order valence-corrected chi connectivity index (χ3v) is 11.7. The van der Waals surface area contributed by atoms with Crippen LogP contribution >= 0.6 is 0 Å². The average molecular weight is 716 g/mol. The van der Waals surface area contributed by atoms with Gasteiger partial charge in [0.1, 0.15) is 0 Å².